The number of nitrogens with zero attached hydrogens (tertiary/aromatic N) is 6. The maximum absolute atomic E-state index is 5.68. The summed E-state index contributed by atoms with van der Waals surface area (Å²) in [5.74, 6) is 0.379. The Bertz CT molecular complexity index is 610. The number of hydrogen-bond donors (Lipinski definition) is 2. The highest BCUT2D eigenvalue weighted by Gasteiger charge is 2.08. The zero-order chi connectivity index (χ0) is 11.0. The van der Waals surface area contributed by atoms with Crippen LogP contribution in [0.3, 0.4) is 0 Å². The van der Waals surface area contributed by atoms with Crippen LogP contribution in [0, 0.1) is 0 Å². The van der Waals surface area contributed by atoms with E-state index in [1.54, 1.807) is 12.5 Å². The van der Waals surface area contributed by atoms with Crippen LogP contribution < -0.4 is 5.73 Å². The zero-order valence-electron chi connectivity index (χ0n) is 8.20. The van der Waals surface area contributed by atoms with Crippen LogP contribution in [0.1, 0.15) is 5.69 Å². The lowest BCUT2D eigenvalue weighted by molar-refractivity contribution is 0.778. The summed E-state index contributed by atoms with van der Waals surface area (Å²) in [6.07, 6.45) is 4.72. The minimum Gasteiger partial charge on any atom is -0.382 e. The molecule has 0 radical (unpaired) electrons. The second-order valence-corrected chi connectivity index (χ2v) is 3.26. The Kier molecular flexibility index (Phi) is 1.79. The summed E-state index contributed by atoms with van der Waals surface area (Å²) in [5.41, 5.74) is 7.78. The standard InChI is InChI=1S/C8H8N8/c9-7-6-8(11-3-10-7)16(4-12-6)2-5-1-13-15-14-5/h1,3-4H,2H2,(H2,9,10,11)(H,13,14,15). The van der Waals surface area contributed by atoms with Gasteiger partial charge in [0.2, 0.25) is 0 Å². The van der Waals surface area contributed by atoms with Gasteiger partial charge in [-0.15, -0.1) is 0 Å². The summed E-state index contributed by atoms with van der Waals surface area (Å²) in [6.45, 7) is 0.545. The lowest BCUT2D eigenvalue weighted by atomic mass is 10.4. The summed E-state index contributed by atoms with van der Waals surface area (Å²) in [6, 6.07) is 0. The predicted molar refractivity (Wildman–Crippen MR) is 55.2 cm³/mol. The van der Waals surface area contributed by atoms with Gasteiger partial charge in [0.25, 0.3) is 0 Å². The van der Waals surface area contributed by atoms with Gasteiger partial charge in [-0.2, -0.15) is 15.4 Å². The summed E-state index contributed by atoms with van der Waals surface area (Å²) < 4.78 is 1.84. The normalized spacial score (nSPS) is 11.0. The number of fused-ring (bicyclic) bond motifs is 1. The van der Waals surface area contributed by atoms with E-state index in [2.05, 4.69) is 30.4 Å². The molecule has 0 spiro atoms. The first-order chi connectivity index (χ1) is 7.84. The number of aromatic nitrogens is 7. The van der Waals surface area contributed by atoms with Crippen LogP contribution in [-0.2, 0) is 6.54 Å². The van der Waals surface area contributed by atoms with E-state index in [0.717, 1.165) is 5.69 Å². The second-order valence-electron chi connectivity index (χ2n) is 3.26. The van der Waals surface area contributed by atoms with Gasteiger partial charge in [0.05, 0.1) is 19.1 Å². The van der Waals surface area contributed by atoms with Crippen LogP contribution in [0.5, 0.6) is 0 Å². The molecular weight excluding hydrogens is 208 g/mol. The molecule has 0 saturated heterocycles. The molecule has 0 fully saturated rings. The molecule has 0 bridgehead atoms. The third kappa shape index (κ3) is 1.28. The number of rotatable bonds is 2. The van der Waals surface area contributed by atoms with Gasteiger partial charge in [-0.1, -0.05) is 0 Å². The molecule has 3 N–H and O–H groups in total. The SMILES string of the molecule is Nc1ncnc2c1ncn2Cc1cn[nH]n1. The van der Waals surface area contributed by atoms with Crippen molar-refractivity contribution in [3.8, 4) is 0 Å². The lowest BCUT2D eigenvalue weighted by Gasteiger charge is -1.99. The van der Waals surface area contributed by atoms with Gasteiger partial charge in [-0.05, 0) is 0 Å². The molecule has 80 valence electrons. The van der Waals surface area contributed by atoms with Crippen LogP contribution in [0.4, 0.5) is 5.82 Å². The zero-order valence-corrected chi connectivity index (χ0v) is 8.20. The Morgan fingerprint density at radius 3 is 3.06 bits per heavy atom. The van der Waals surface area contributed by atoms with Crippen molar-refractivity contribution in [1.29, 1.82) is 0 Å². The molecule has 8 heteroatoms. The van der Waals surface area contributed by atoms with Crippen LogP contribution >= 0.6 is 0 Å². The molecule has 0 aliphatic heterocycles. The molecule has 16 heavy (non-hydrogen) atoms. The molecule has 0 aliphatic rings. The smallest absolute Gasteiger partial charge is 0.165 e. The van der Waals surface area contributed by atoms with Gasteiger partial charge in [0, 0.05) is 0 Å². The Morgan fingerprint density at radius 2 is 2.25 bits per heavy atom. The molecule has 0 amide bonds. The fraction of sp³-hybridized carbons (Fsp3) is 0.125. The van der Waals surface area contributed by atoms with E-state index in [0.29, 0.717) is 23.5 Å². The van der Waals surface area contributed by atoms with E-state index in [4.69, 9.17) is 5.73 Å². The van der Waals surface area contributed by atoms with Crippen molar-refractivity contribution in [2.75, 3.05) is 5.73 Å². The Labute approximate surface area is 89.5 Å². The molecule has 3 heterocycles. The molecule has 0 aliphatic carbocycles. The molecule has 8 nitrogen and oxygen atoms in total. The fourth-order valence-corrected chi connectivity index (χ4v) is 1.49. The van der Waals surface area contributed by atoms with Gasteiger partial charge in [0.15, 0.2) is 11.5 Å². The fourth-order valence-electron chi connectivity index (χ4n) is 1.49. The molecular formula is C8H8N8. The summed E-state index contributed by atoms with van der Waals surface area (Å²) in [4.78, 5) is 12.2. The van der Waals surface area contributed by atoms with Crippen LogP contribution in [0.2, 0.25) is 0 Å². The Balaban J connectivity index is 2.08. The highest BCUT2D eigenvalue weighted by molar-refractivity contribution is 5.81. The number of aromatic amines is 1. The number of nitrogens with two attached hydrogens (primary N) is 1. The first-order valence-electron chi connectivity index (χ1n) is 4.60. The van der Waals surface area contributed by atoms with E-state index in [1.807, 2.05) is 4.57 Å². The van der Waals surface area contributed by atoms with Crippen molar-refractivity contribution in [3.63, 3.8) is 0 Å². The summed E-state index contributed by atoms with van der Waals surface area (Å²) in [5, 5.41) is 10.2. The topological polar surface area (TPSA) is 111 Å². The van der Waals surface area contributed by atoms with E-state index in [9.17, 15) is 0 Å². The maximum atomic E-state index is 5.68. The molecule has 0 saturated carbocycles. The first-order valence-corrected chi connectivity index (χ1v) is 4.60. The highest BCUT2D eigenvalue weighted by Crippen LogP contribution is 2.14. The number of H-pyrrole nitrogens is 1. The van der Waals surface area contributed by atoms with Crippen LogP contribution in [0.15, 0.2) is 18.9 Å². The monoisotopic (exact) mass is 216 g/mol. The van der Waals surface area contributed by atoms with Crippen molar-refractivity contribution in [2.45, 2.75) is 6.54 Å². The summed E-state index contributed by atoms with van der Waals surface area (Å²) >= 11 is 0. The third-order valence-corrected chi connectivity index (χ3v) is 2.23. The average molecular weight is 216 g/mol. The predicted octanol–water partition coefficient (Wildman–Crippen LogP) is -0.425. The molecule has 0 unspecified atom stereocenters. The largest absolute Gasteiger partial charge is 0.382 e. The Hall–Kier alpha value is -2.51. The lowest BCUT2D eigenvalue weighted by Crippen LogP contribution is -2.00. The molecule has 3 aromatic heterocycles. The van der Waals surface area contributed by atoms with E-state index in [1.165, 1.54) is 6.33 Å². The van der Waals surface area contributed by atoms with Gasteiger partial charge in [-0.3, -0.25) is 0 Å². The van der Waals surface area contributed by atoms with Crippen molar-refractivity contribution in [2.24, 2.45) is 0 Å². The van der Waals surface area contributed by atoms with Gasteiger partial charge >= 0.3 is 0 Å². The van der Waals surface area contributed by atoms with Crippen LogP contribution in [-0.4, -0.2) is 34.9 Å². The highest BCUT2D eigenvalue weighted by atomic mass is 15.3. The van der Waals surface area contributed by atoms with E-state index in [-0.39, 0.29) is 0 Å². The van der Waals surface area contributed by atoms with Crippen molar-refractivity contribution >= 4 is 17.0 Å². The number of hydrogen-bond acceptors (Lipinski definition) is 6. The summed E-state index contributed by atoms with van der Waals surface area (Å²) in [7, 11) is 0. The number of imidazole rings is 1. The van der Waals surface area contributed by atoms with Gasteiger partial charge in [0.1, 0.15) is 17.5 Å². The quantitative estimate of drug-likeness (QED) is 0.601. The minimum atomic E-state index is 0.379. The van der Waals surface area contributed by atoms with Crippen molar-refractivity contribution < 1.29 is 0 Å². The van der Waals surface area contributed by atoms with E-state index >= 15 is 0 Å². The first kappa shape index (κ1) is 8.77. The third-order valence-electron chi connectivity index (χ3n) is 2.23. The average Bonchev–Trinajstić information content (AvgIpc) is 2.90. The molecule has 0 aromatic carbocycles. The molecule has 3 rings (SSSR count). The Morgan fingerprint density at radius 1 is 1.31 bits per heavy atom. The van der Waals surface area contributed by atoms with Gasteiger partial charge < -0.3 is 10.3 Å². The number of nitrogen functional groups attached to an aromatic ring is 1. The number of anilines is 1. The van der Waals surface area contributed by atoms with Crippen molar-refractivity contribution in [1.82, 2.24) is 34.9 Å². The minimum absolute atomic E-state index is 0.379. The van der Waals surface area contributed by atoms with E-state index < -0.39 is 0 Å². The van der Waals surface area contributed by atoms with Crippen molar-refractivity contribution in [3.05, 3.63) is 24.5 Å². The molecule has 3 aromatic rings. The molecule has 0 atom stereocenters. The van der Waals surface area contributed by atoms with Crippen LogP contribution in [0.25, 0.3) is 11.2 Å². The second kappa shape index (κ2) is 3.26. The maximum Gasteiger partial charge on any atom is 0.165 e. The number of nitrogens with one attached hydrogen (secondary N) is 1. The van der Waals surface area contributed by atoms with Gasteiger partial charge in [-0.25, -0.2) is 15.0 Å².